The maximum Gasteiger partial charge on any atom is 0.337 e. The summed E-state index contributed by atoms with van der Waals surface area (Å²) in [7, 11) is 0. The fraction of sp³-hybridized carbons (Fsp3) is 0.333. The molecule has 1 aliphatic heterocycles. The van der Waals surface area contributed by atoms with Crippen LogP contribution in [0.1, 0.15) is 55.7 Å². The number of nitrogens with zero attached hydrogens (tertiary/aromatic N) is 2. The Morgan fingerprint density at radius 1 is 1.16 bits per heavy atom. The molecular formula is C30H30F2N2O4. The third kappa shape index (κ3) is 5.00. The molecule has 198 valence electrons. The minimum Gasteiger partial charge on any atom is -0.493 e. The molecule has 6 nitrogen and oxygen atoms in total. The molecule has 1 atom stereocenters. The Bertz CT molecular complexity index is 1540. The van der Waals surface area contributed by atoms with Gasteiger partial charge in [0.2, 0.25) is 0 Å². The van der Waals surface area contributed by atoms with E-state index < -0.39 is 29.3 Å². The van der Waals surface area contributed by atoms with E-state index in [1.54, 1.807) is 6.92 Å². The van der Waals surface area contributed by atoms with Crippen molar-refractivity contribution in [1.82, 2.24) is 9.55 Å². The summed E-state index contributed by atoms with van der Waals surface area (Å²) in [6, 6.07) is 11.6. The zero-order valence-corrected chi connectivity index (χ0v) is 21.8. The van der Waals surface area contributed by atoms with Gasteiger partial charge in [0.15, 0.2) is 17.7 Å². The topological polar surface area (TPSA) is 73.6 Å². The fourth-order valence-electron chi connectivity index (χ4n) is 5.03. The zero-order chi connectivity index (χ0) is 27.2. The van der Waals surface area contributed by atoms with Crippen LogP contribution in [-0.2, 0) is 22.5 Å². The van der Waals surface area contributed by atoms with Crippen LogP contribution in [0.25, 0.3) is 22.2 Å². The quantitative estimate of drug-likeness (QED) is 0.310. The van der Waals surface area contributed by atoms with Gasteiger partial charge < -0.3 is 19.1 Å². The standard InChI is InChI=1S/C30H30F2N2O4/c1-17-25(27(29(35)36)38-30(2,3)4)26(20-8-10-24-19(15-20)6-5-13-37-24)21-11-12-34(28(21)33-17)16-18-7-9-22(31)23(32)14-18/h7-12,14-15,27H,5-6,13,16H2,1-4H3,(H,35,36). The summed E-state index contributed by atoms with van der Waals surface area (Å²) in [5.41, 5.74) is 4.11. The molecule has 8 heteroatoms. The van der Waals surface area contributed by atoms with Crippen molar-refractivity contribution in [2.75, 3.05) is 6.61 Å². The second-order valence-electron chi connectivity index (χ2n) is 10.6. The van der Waals surface area contributed by atoms with Crippen molar-refractivity contribution in [2.24, 2.45) is 0 Å². The van der Waals surface area contributed by atoms with E-state index >= 15 is 0 Å². The first-order chi connectivity index (χ1) is 18.0. The van der Waals surface area contributed by atoms with E-state index in [1.807, 2.05) is 49.7 Å². The highest BCUT2D eigenvalue weighted by Gasteiger charge is 2.33. The number of ether oxygens (including phenoxy) is 2. The second-order valence-corrected chi connectivity index (χ2v) is 10.6. The van der Waals surface area contributed by atoms with Gasteiger partial charge in [0.05, 0.1) is 12.2 Å². The number of carboxylic acid groups (broad SMARTS) is 1. The van der Waals surface area contributed by atoms with Crippen LogP contribution in [0.4, 0.5) is 8.78 Å². The first-order valence-electron chi connectivity index (χ1n) is 12.6. The van der Waals surface area contributed by atoms with E-state index in [2.05, 4.69) is 6.07 Å². The highest BCUT2D eigenvalue weighted by atomic mass is 19.2. The molecule has 0 amide bonds. The lowest BCUT2D eigenvalue weighted by Gasteiger charge is -2.28. The van der Waals surface area contributed by atoms with Crippen LogP contribution in [0.5, 0.6) is 5.75 Å². The van der Waals surface area contributed by atoms with E-state index in [1.165, 1.54) is 12.1 Å². The molecule has 38 heavy (non-hydrogen) atoms. The molecule has 3 heterocycles. The van der Waals surface area contributed by atoms with Gasteiger partial charge in [-0.05, 0) is 87.6 Å². The summed E-state index contributed by atoms with van der Waals surface area (Å²) in [5, 5.41) is 11.0. The second kappa shape index (κ2) is 9.83. The van der Waals surface area contributed by atoms with Crippen LogP contribution >= 0.6 is 0 Å². The van der Waals surface area contributed by atoms with Crippen molar-refractivity contribution >= 4 is 17.0 Å². The molecule has 2 aromatic carbocycles. The van der Waals surface area contributed by atoms with E-state index in [4.69, 9.17) is 14.5 Å². The van der Waals surface area contributed by atoms with Crippen molar-refractivity contribution in [3.05, 3.63) is 82.7 Å². The van der Waals surface area contributed by atoms with Crippen molar-refractivity contribution in [3.8, 4) is 16.9 Å². The average molecular weight is 521 g/mol. The Labute approximate surface area is 219 Å². The van der Waals surface area contributed by atoms with Gasteiger partial charge in [0.1, 0.15) is 11.4 Å². The number of aryl methyl sites for hydroxylation is 2. The van der Waals surface area contributed by atoms with E-state index in [0.29, 0.717) is 29.1 Å². The Morgan fingerprint density at radius 3 is 2.66 bits per heavy atom. The number of pyridine rings is 1. The summed E-state index contributed by atoms with van der Waals surface area (Å²) < 4.78 is 41.1. The van der Waals surface area contributed by atoms with Crippen LogP contribution in [-0.4, -0.2) is 32.8 Å². The van der Waals surface area contributed by atoms with Crippen LogP contribution in [0.2, 0.25) is 0 Å². The van der Waals surface area contributed by atoms with Crippen molar-refractivity contribution in [3.63, 3.8) is 0 Å². The van der Waals surface area contributed by atoms with Gasteiger partial charge in [-0.1, -0.05) is 12.1 Å². The highest BCUT2D eigenvalue weighted by molar-refractivity contribution is 5.98. The summed E-state index contributed by atoms with van der Waals surface area (Å²) in [4.78, 5) is 17.3. The first-order valence-corrected chi connectivity index (χ1v) is 12.6. The number of benzene rings is 2. The van der Waals surface area contributed by atoms with Crippen LogP contribution in [0.15, 0.2) is 48.7 Å². The monoisotopic (exact) mass is 520 g/mol. The number of aromatic nitrogens is 2. The number of hydrogen-bond donors (Lipinski definition) is 1. The third-order valence-corrected chi connectivity index (χ3v) is 6.63. The maximum absolute atomic E-state index is 13.9. The summed E-state index contributed by atoms with van der Waals surface area (Å²) in [6.45, 7) is 8.17. The van der Waals surface area contributed by atoms with E-state index in [0.717, 1.165) is 46.7 Å². The molecule has 1 aliphatic rings. The molecule has 0 aliphatic carbocycles. The molecule has 0 spiro atoms. The fourth-order valence-corrected chi connectivity index (χ4v) is 5.03. The van der Waals surface area contributed by atoms with Crippen LogP contribution < -0.4 is 4.74 Å². The predicted octanol–water partition coefficient (Wildman–Crippen LogP) is 6.60. The van der Waals surface area contributed by atoms with Gasteiger partial charge in [-0.25, -0.2) is 18.6 Å². The molecule has 1 unspecified atom stereocenters. The van der Waals surface area contributed by atoms with Gasteiger partial charge in [0, 0.05) is 34.9 Å². The van der Waals surface area contributed by atoms with Gasteiger partial charge in [-0.2, -0.15) is 0 Å². The molecule has 2 aromatic heterocycles. The lowest BCUT2D eigenvalue weighted by Crippen LogP contribution is -2.28. The molecule has 5 rings (SSSR count). The van der Waals surface area contributed by atoms with Crippen LogP contribution in [0.3, 0.4) is 0 Å². The number of aliphatic carboxylic acids is 1. The molecule has 0 bridgehead atoms. The number of carboxylic acids is 1. The number of hydrogen-bond acceptors (Lipinski definition) is 4. The smallest absolute Gasteiger partial charge is 0.337 e. The molecule has 4 aromatic rings. The Morgan fingerprint density at radius 2 is 1.95 bits per heavy atom. The molecule has 0 radical (unpaired) electrons. The number of rotatable bonds is 6. The highest BCUT2D eigenvalue weighted by Crippen LogP contribution is 2.41. The molecule has 1 N–H and O–H groups in total. The Balaban J connectivity index is 1.73. The number of fused-ring (bicyclic) bond motifs is 2. The van der Waals surface area contributed by atoms with E-state index in [-0.39, 0.29) is 6.54 Å². The van der Waals surface area contributed by atoms with Crippen molar-refractivity contribution in [1.29, 1.82) is 0 Å². The maximum atomic E-state index is 13.9. The average Bonchev–Trinajstić information content (AvgIpc) is 3.25. The molecular weight excluding hydrogens is 490 g/mol. The molecule has 0 fully saturated rings. The van der Waals surface area contributed by atoms with Crippen LogP contribution in [0, 0.1) is 18.6 Å². The lowest BCUT2D eigenvalue weighted by molar-refractivity contribution is -0.160. The first kappa shape index (κ1) is 25.9. The zero-order valence-electron chi connectivity index (χ0n) is 21.8. The van der Waals surface area contributed by atoms with Gasteiger partial charge in [0.25, 0.3) is 0 Å². The SMILES string of the molecule is Cc1nc2c(ccn2Cc2ccc(F)c(F)c2)c(-c2ccc3c(c2)CCCO3)c1C(OC(C)(C)C)C(=O)O. The van der Waals surface area contributed by atoms with Gasteiger partial charge in [-0.15, -0.1) is 0 Å². The summed E-state index contributed by atoms with van der Waals surface area (Å²) >= 11 is 0. The lowest BCUT2D eigenvalue weighted by atomic mass is 9.90. The third-order valence-electron chi connectivity index (χ3n) is 6.63. The molecule has 0 saturated carbocycles. The Hall–Kier alpha value is -3.78. The summed E-state index contributed by atoms with van der Waals surface area (Å²) in [5.74, 6) is -2.08. The summed E-state index contributed by atoms with van der Waals surface area (Å²) in [6.07, 6.45) is 2.35. The minimum atomic E-state index is -1.25. The van der Waals surface area contributed by atoms with Gasteiger partial charge >= 0.3 is 5.97 Å². The van der Waals surface area contributed by atoms with Gasteiger partial charge in [-0.3, -0.25) is 0 Å². The van der Waals surface area contributed by atoms with E-state index in [9.17, 15) is 18.7 Å². The molecule has 0 saturated heterocycles. The van der Waals surface area contributed by atoms with Crippen molar-refractivity contribution in [2.45, 2.75) is 58.8 Å². The largest absolute Gasteiger partial charge is 0.493 e. The minimum absolute atomic E-state index is 0.269. The number of halogens is 2. The predicted molar refractivity (Wildman–Crippen MR) is 140 cm³/mol. The Kier molecular flexibility index (Phi) is 6.69. The number of carbonyl (C=O) groups is 1. The van der Waals surface area contributed by atoms with Crippen molar-refractivity contribution < 1.29 is 28.2 Å². The normalized spacial score (nSPS) is 14.3.